The Kier molecular flexibility index (Phi) is 9.66. The molecule has 2 rings (SSSR count). The number of nitrogens with one attached hydrogen (secondary N) is 1. The van der Waals surface area contributed by atoms with Crippen LogP contribution in [0.1, 0.15) is 33.3 Å². The average Bonchev–Trinajstić information content (AvgIpc) is 2.78. The molecule has 0 spiro atoms. The molecule has 0 aliphatic carbocycles. The van der Waals surface area contributed by atoms with Crippen LogP contribution < -0.4 is 14.4 Å². The fourth-order valence-electron chi connectivity index (χ4n) is 3.47. The molecule has 11 nitrogen and oxygen atoms in total. The van der Waals surface area contributed by atoms with Gasteiger partial charge >= 0.3 is 0 Å². The topological polar surface area (TPSA) is 139 Å². The van der Waals surface area contributed by atoms with Crippen molar-refractivity contribution in [3.8, 4) is 5.75 Å². The maximum absolute atomic E-state index is 13.6. The van der Waals surface area contributed by atoms with Gasteiger partial charge in [-0.05, 0) is 51.5 Å². The SMILES string of the molecule is COc1ccc([N+](=O)[O-])cc1N(CC(=O)N(Cc1cccc(Br)c1)C(C)C(=O)NC(C)(C)C)S(C)(=O)=O. The minimum atomic E-state index is -4.10. The maximum atomic E-state index is 13.6. The fourth-order valence-corrected chi connectivity index (χ4v) is 4.76. The van der Waals surface area contributed by atoms with Crippen molar-refractivity contribution >= 4 is 49.1 Å². The lowest BCUT2D eigenvalue weighted by atomic mass is 10.1. The van der Waals surface area contributed by atoms with Crippen molar-refractivity contribution in [2.75, 3.05) is 24.2 Å². The smallest absolute Gasteiger partial charge is 0.271 e. The zero-order valence-electron chi connectivity index (χ0n) is 21.5. The molecule has 0 radical (unpaired) electrons. The number of carbonyl (C=O) groups excluding carboxylic acids is 2. The second kappa shape index (κ2) is 11.9. The van der Waals surface area contributed by atoms with Gasteiger partial charge in [-0.15, -0.1) is 0 Å². The van der Waals surface area contributed by atoms with E-state index in [2.05, 4.69) is 21.2 Å². The molecule has 2 aromatic rings. The third-order valence-corrected chi connectivity index (χ3v) is 6.85. The van der Waals surface area contributed by atoms with Crippen LogP contribution in [0, 0.1) is 10.1 Å². The first-order valence-corrected chi connectivity index (χ1v) is 13.8. The molecule has 0 saturated heterocycles. The average molecular weight is 600 g/mol. The molecule has 0 fully saturated rings. The highest BCUT2D eigenvalue weighted by atomic mass is 79.9. The highest BCUT2D eigenvalue weighted by molar-refractivity contribution is 9.10. The predicted octanol–water partition coefficient (Wildman–Crippen LogP) is 3.46. The first kappa shape index (κ1) is 30.0. The van der Waals surface area contributed by atoms with E-state index in [9.17, 15) is 28.1 Å². The zero-order valence-corrected chi connectivity index (χ0v) is 23.9. The van der Waals surface area contributed by atoms with Crippen LogP contribution in [0.2, 0.25) is 0 Å². The van der Waals surface area contributed by atoms with E-state index in [0.29, 0.717) is 5.56 Å². The van der Waals surface area contributed by atoms with Gasteiger partial charge in [0, 0.05) is 28.7 Å². The van der Waals surface area contributed by atoms with Gasteiger partial charge in [-0.2, -0.15) is 0 Å². The maximum Gasteiger partial charge on any atom is 0.271 e. The molecule has 2 aromatic carbocycles. The summed E-state index contributed by atoms with van der Waals surface area (Å²) >= 11 is 3.39. The number of anilines is 1. The first-order chi connectivity index (χ1) is 17.0. The summed E-state index contributed by atoms with van der Waals surface area (Å²) in [5.41, 5.74) is -0.398. The Labute approximate surface area is 225 Å². The van der Waals surface area contributed by atoms with Crippen molar-refractivity contribution in [3.63, 3.8) is 0 Å². The third-order valence-electron chi connectivity index (χ3n) is 5.23. The van der Waals surface area contributed by atoms with Crippen LogP contribution in [0.5, 0.6) is 5.75 Å². The lowest BCUT2D eigenvalue weighted by Crippen LogP contribution is -2.54. The van der Waals surface area contributed by atoms with Gasteiger partial charge in [0.2, 0.25) is 21.8 Å². The Hall–Kier alpha value is -3.19. The molecule has 0 bridgehead atoms. The normalized spacial score (nSPS) is 12.4. The molecule has 37 heavy (non-hydrogen) atoms. The molecular weight excluding hydrogens is 568 g/mol. The number of nitro benzene ring substituents is 1. The van der Waals surface area contributed by atoms with E-state index in [0.717, 1.165) is 21.1 Å². The van der Waals surface area contributed by atoms with Crippen LogP contribution in [0.3, 0.4) is 0 Å². The largest absolute Gasteiger partial charge is 0.495 e. The number of sulfonamides is 1. The number of hydrogen-bond acceptors (Lipinski definition) is 7. The van der Waals surface area contributed by atoms with E-state index in [1.165, 1.54) is 24.1 Å². The van der Waals surface area contributed by atoms with E-state index in [1.54, 1.807) is 45.9 Å². The minimum absolute atomic E-state index is 0.0146. The number of amides is 2. The number of halogens is 1. The Morgan fingerprint density at radius 1 is 1.19 bits per heavy atom. The van der Waals surface area contributed by atoms with E-state index in [1.807, 2.05) is 6.07 Å². The predicted molar refractivity (Wildman–Crippen MR) is 144 cm³/mol. The van der Waals surface area contributed by atoms with Crippen molar-refractivity contribution in [2.24, 2.45) is 0 Å². The molecule has 0 heterocycles. The van der Waals surface area contributed by atoms with E-state index >= 15 is 0 Å². The Balaban J connectivity index is 2.53. The van der Waals surface area contributed by atoms with Crippen LogP contribution in [-0.2, 0) is 26.2 Å². The van der Waals surface area contributed by atoms with Crippen LogP contribution >= 0.6 is 15.9 Å². The molecule has 1 atom stereocenters. The number of hydrogen-bond donors (Lipinski definition) is 1. The van der Waals surface area contributed by atoms with Gasteiger partial charge in [-0.3, -0.25) is 24.0 Å². The minimum Gasteiger partial charge on any atom is -0.495 e. The lowest BCUT2D eigenvalue weighted by molar-refractivity contribution is -0.384. The van der Waals surface area contributed by atoms with Crippen LogP contribution in [0.15, 0.2) is 46.9 Å². The molecule has 13 heteroatoms. The molecular formula is C24H31BrN4O7S. The summed E-state index contributed by atoms with van der Waals surface area (Å²) in [6.07, 6.45) is 0.882. The number of methoxy groups -OCH3 is 1. The summed E-state index contributed by atoms with van der Waals surface area (Å²) in [7, 11) is -2.82. The Morgan fingerprint density at radius 2 is 1.84 bits per heavy atom. The summed E-state index contributed by atoms with van der Waals surface area (Å²) in [5.74, 6) is -1.08. The fraction of sp³-hybridized carbons (Fsp3) is 0.417. The monoisotopic (exact) mass is 598 g/mol. The number of ether oxygens (including phenoxy) is 1. The van der Waals surface area contributed by atoms with Gasteiger partial charge in [0.1, 0.15) is 24.0 Å². The second-order valence-corrected chi connectivity index (χ2v) is 12.3. The van der Waals surface area contributed by atoms with Crippen molar-refractivity contribution in [3.05, 3.63) is 62.6 Å². The highest BCUT2D eigenvalue weighted by Crippen LogP contribution is 2.34. The number of carbonyl (C=O) groups is 2. The first-order valence-electron chi connectivity index (χ1n) is 11.2. The van der Waals surface area contributed by atoms with Gasteiger partial charge < -0.3 is 15.0 Å². The Bertz CT molecular complexity index is 1280. The van der Waals surface area contributed by atoms with Crippen LogP contribution in [-0.4, -0.2) is 61.5 Å². The number of non-ortho nitro benzene ring substituents is 1. The van der Waals surface area contributed by atoms with Crippen molar-refractivity contribution in [2.45, 2.75) is 45.8 Å². The summed E-state index contributed by atoms with van der Waals surface area (Å²) < 4.78 is 32.3. The quantitative estimate of drug-likeness (QED) is 0.326. The molecule has 2 amide bonds. The van der Waals surface area contributed by atoms with Gasteiger partial charge in [-0.1, -0.05) is 28.1 Å². The van der Waals surface area contributed by atoms with Gasteiger partial charge in [0.05, 0.1) is 18.3 Å². The molecule has 1 unspecified atom stereocenters. The van der Waals surface area contributed by atoms with Gasteiger partial charge in [0.25, 0.3) is 5.69 Å². The van der Waals surface area contributed by atoms with Gasteiger partial charge in [0.15, 0.2) is 0 Å². The van der Waals surface area contributed by atoms with Crippen molar-refractivity contribution < 1.29 is 27.7 Å². The van der Waals surface area contributed by atoms with E-state index < -0.39 is 44.9 Å². The molecule has 0 aromatic heterocycles. The highest BCUT2D eigenvalue weighted by Gasteiger charge is 2.33. The van der Waals surface area contributed by atoms with Crippen molar-refractivity contribution in [1.29, 1.82) is 0 Å². The van der Waals surface area contributed by atoms with E-state index in [-0.39, 0.29) is 23.7 Å². The number of nitrogens with zero attached hydrogens (tertiary/aromatic N) is 3. The summed E-state index contributed by atoms with van der Waals surface area (Å²) in [5, 5.41) is 14.2. The molecule has 0 aliphatic rings. The number of benzene rings is 2. The summed E-state index contributed by atoms with van der Waals surface area (Å²) in [4.78, 5) is 38.6. The molecule has 0 aliphatic heterocycles. The molecule has 202 valence electrons. The van der Waals surface area contributed by atoms with Crippen molar-refractivity contribution in [1.82, 2.24) is 10.2 Å². The van der Waals surface area contributed by atoms with E-state index in [4.69, 9.17) is 4.74 Å². The summed E-state index contributed by atoms with van der Waals surface area (Å²) in [6, 6.07) is 9.65. The van der Waals surface area contributed by atoms with Crippen LogP contribution in [0.25, 0.3) is 0 Å². The lowest BCUT2D eigenvalue weighted by Gasteiger charge is -2.33. The standard InChI is InChI=1S/C24H31BrN4O7S/c1-16(23(31)26-24(2,3)4)27(14-17-8-7-9-18(25)12-17)22(30)15-28(37(6,34)35)20-13-19(29(32)33)10-11-21(20)36-5/h7-13,16H,14-15H2,1-6H3,(H,26,31). The number of nitro groups is 1. The zero-order chi connectivity index (χ0) is 28.1. The van der Waals surface area contributed by atoms with Gasteiger partial charge in [-0.25, -0.2) is 8.42 Å². The molecule has 0 saturated carbocycles. The Morgan fingerprint density at radius 3 is 2.35 bits per heavy atom. The van der Waals surface area contributed by atoms with Crippen LogP contribution in [0.4, 0.5) is 11.4 Å². The summed E-state index contributed by atoms with van der Waals surface area (Å²) in [6.45, 7) is 6.27. The third kappa shape index (κ3) is 8.42. The molecule has 1 N–H and O–H groups in total. The number of rotatable bonds is 10. The second-order valence-electron chi connectivity index (χ2n) is 9.45.